The molecule has 0 aliphatic carbocycles. The van der Waals surface area contributed by atoms with Crippen LogP contribution in [0.3, 0.4) is 0 Å². The molecule has 0 saturated carbocycles. The van der Waals surface area contributed by atoms with Crippen molar-refractivity contribution in [2.45, 2.75) is 25.7 Å². The summed E-state index contributed by atoms with van der Waals surface area (Å²) < 4.78 is 0. The van der Waals surface area contributed by atoms with E-state index in [2.05, 4.69) is 0 Å². The minimum Gasteiger partial charge on any atom is -0.325 e. The summed E-state index contributed by atoms with van der Waals surface area (Å²) in [6.07, 6.45) is 3.76. The summed E-state index contributed by atoms with van der Waals surface area (Å²) in [5.74, 6) is 0.203. The number of hydrogen-bond donors (Lipinski definition) is 0. The van der Waals surface area contributed by atoms with E-state index in [4.69, 9.17) is 0 Å². The standard InChI is InChI=1S/C16H21N3O2S/c20-14-9-16(12-19(14)13-3-8-22-10-13)4-7-18(11-16)15(21)17-5-1-2-6-17/h3,8,10H,1-2,4-7,9,11-12H2. The van der Waals surface area contributed by atoms with Crippen LogP contribution < -0.4 is 4.90 Å². The zero-order chi connectivity index (χ0) is 15.2. The van der Waals surface area contributed by atoms with Gasteiger partial charge in [0.1, 0.15) is 0 Å². The SMILES string of the molecule is O=C(N1CCCC1)N1CCC2(CC(=O)N(c3ccsc3)C2)C1. The highest BCUT2D eigenvalue weighted by Crippen LogP contribution is 2.42. The van der Waals surface area contributed by atoms with Gasteiger partial charge in [0, 0.05) is 49.9 Å². The van der Waals surface area contributed by atoms with Crippen LogP contribution >= 0.6 is 11.3 Å². The van der Waals surface area contributed by atoms with E-state index in [1.54, 1.807) is 11.3 Å². The zero-order valence-corrected chi connectivity index (χ0v) is 13.5. The van der Waals surface area contributed by atoms with Gasteiger partial charge in [-0.15, -0.1) is 0 Å². The van der Waals surface area contributed by atoms with E-state index in [1.807, 2.05) is 31.5 Å². The molecule has 1 aromatic rings. The van der Waals surface area contributed by atoms with Crippen LogP contribution in [0, 0.1) is 5.41 Å². The van der Waals surface area contributed by atoms with Crippen molar-refractivity contribution in [2.75, 3.05) is 37.6 Å². The first kappa shape index (κ1) is 14.1. The van der Waals surface area contributed by atoms with Crippen molar-refractivity contribution in [1.29, 1.82) is 0 Å². The maximum atomic E-state index is 12.5. The topological polar surface area (TPSA) is 43.9 Å². The van der Waals surface area contributed by atoms with Crippen molar-refractivity contribution in [3.63, 3.8) is 0 Å². The molecule has 0 aromatic carbocycles. The van der Waals surface area contributed by atoms with E-state index in [1.165, 1.54) is 0 Å². The summed E-state index contributed by atoms with van der Waals surface area (Å²) in [5, 5.41) is 4.03. The molecule has 3 saturated heterocycles. The number of urea groups is 1. The lowest BCUT2D eigenvalue weighted by Gasteiger charge is -2.26. The molecule has 22 heavy (non-hydrogen) atoms. The van der Waals surface area contributed by atoms with Crippen LogP contribution in [-0.2, 0) is 4.79 Å². The van der Waals surface area contributed by atoms with Gasteiger partial charge in [0.05, 0.1) is 5.69 Å². The Labute approximate surface area is 134 Å². The smallest absolute Gasteiger partial charge is 0.320 e. The Balaban J connectivity index is 1.46. The van der Waals surface area contributed by atoms with Gasteiger partial charge in [-0.1, -0.05) is 0 Å². The lowest BCUT2D eigenvalue weighted by atomic mass is 9.86. The third-order valence-corrected chi connectivity index (χ3v) is 5.89. The van der Waals surface area contributed by atoms with Crippen LogP contribution in [0.25, 0.3) is 0 Å². The zero-order valence-electron chi connectivity index (χ0n) is 12.7. The average Bonchev–Trinajstić information content (AvgIpc) is 3.26. The number of thiophene rings is 1. The predicted molar refractivity (Wildman–Crippen MR) is 86.1 cm³/mol. The van der Waals surface area contributed by atoms with Crippen LogP contribution in [0.4, 0.5) is 10.5 Å². The largest absolute Gasteiger partial charge is 0.325 e. The molecule has 6 heteroatoms. The summed E-state index contributed by atoms with van der Waals surface area (Å²) >= 11 is 1.62. The molecule has 0 N–H and O–H groups in total. The maximum Gasteiger partial charge on any atom is 0.320 e. The summed E-state index contributed by atoms with van der Waals surface area (Å²) in [4.78, 5) is 30.8. The quantitative estimate of drug-likeness (QED) is 0.798. The molecule has 3 aliphatic heterocycles. The van der Waals surface area contributed by atoms with Crippen molar-refractivity contribution in [3.05, 3.63) is 16.8 Å². The molecule has 3 amide bonds. The second kappa shape index (κ2) is 5.26. The molecule has 3 aliphatic rings. The fourth-order valence-corrected chi connectivity index (χ4v) is 4.66. The van der Waals surface area contributed by atoms with Crippen molar-refractivity contribution in [3.8, 4) is 0 Å². The number of likely N-dealkylation sites (tertiary alicyclic amines) is 2. The highest BCUT2D eigenvalue weighted by atomic mass is 32.1. The number of nitrogens with zero attached hydrogens (tertiary/aromatic N) is 3. The monoisotopic (exact) mass is 319 g/mol. The van der Waals surface area contributed by atoms with Gasteiger partial charge in [0.25, 0.3) is 0 Å². The molecule has 0 radical (unpaired) electrons. The molecular formula is C16H21N3O2S. The highest BCUT2D eigenvalue weighted by Gasteiger charge is 2.49. The molecule has 3 fully saturated rings. The summed E-state index contributed by atoms with van der Waals surface area (Å²) in [6.45, 7) is 4.06. The highest BCUT2D eigenvalue weighted by molar-refractivity contribution is 7.08. The fraction of sp³-hybridized carbons (Fsp3) is 0.625. The second-order valence-corrected chi connectivity index (χ2v) is 7.57. The molecule has 118 valence electrons. The molecule has 1 spiro atoms. The Morgan fingerprint density at radius 2 is 1.95 bits per heavy atom. The molecule has 1 unspecified atom stereocenters. The third-order valence-electron chi connectivity index (χ3n) is 5.22. The average molecular weight is 319 g/mol. The lowest BCUT2D eigenvalue weighted by molar-refractivity contribution is -0.117. The summed E-state index contributed by atoms with van der Waals surface area (Å²) in [7, 11) is 0. The Hall–Kier alpha value is -1.56. The summed E-state index contributed by atoms with van der Waals surface area (Å²) in [5.41, 5.74) is 0.977. The minimum absolute atomic E-state index is 0.0333. The number of amides is 3. The van der Waals surface area contributed by atoms with Crippen molar-refractivity contribution in [2.24, 2.45) is 5.41 Å². The normalized spacial score (nSPS) is 28.4. The number of hydrogen-bond acceptors (Lipinski definition) is 3. The predicted octanol–water partition coefficient (Wildman–Crippen LogP) is 2.39. The Kier molecular flexibility index (Phi) is 3.36. The molecule has 0 bridgehead atoms. The minimum atomic E-state index is -0.0333. The van der Waals surface area contributed by atoms with Gasteiger partial charge in [-0.05, 0) is 30.7 Å². The van der Waals surface area contributed by atoms with Gasteiger partial charge in [-0.3, -0.25) is 4.79 Å². The number of carbonyl (C=O) groups excluding carboxylic acids is 2. The molecule has 1 aromatic heterocycles. The van der Waals surface area contributed by atoms with Crippen LogP contribution in [0.2, 0.25) is 0 Å². The third kappa shape index (κ3) is 2.29. The molecule has 5 nitrogen and oxygen atoms in total. The van der Waals surface area contributed by atoms with Crippen LogP contribution in [0.1, 0.15) is 25.7 Å². The number of anilines is 1. The van der Waals surface area contributed by atoms with Crippen LogP contribution in [0.15, 0.2) is 16.8 Å². The lowest BCUT2D eigenvalue weighted by Crippen LogP contribution is -2.42. The second-order valence-electron chi connectivity index (χ2n) is 6.79. The van der Waals surface area contributed by atoms with E-state index in [0.29, 0.717) is 6.42 Å². The first-order valence-electron chi connectivity index (χ1n) is 8.03. The first-order valence-corrected chi connectivity index (χ1v) is 8.98. The van der Waals surface area contributed by atoms with E-state index < -0.39 is 0 Å². The van der Waals surface area contributed by atoms with Crippen LogP contribution in [0.5, 0.6) is 0 Å². The van der Waals surface area contributed by atoms with Gasteiger partial charge in [-0.25, -0.2) is 4.79 Å². The molecular weight excluding hydrogens is 298 g/mol. The number of carbonyl (C=O) groups is 2. The Morgan fingerprint density at radius 1 is 1.14 bits per heavy atom. The maximum absolute atomic E-state index is 12.5. The van der Waals surface area contributed by atoms with Gasteiger partial charge in [0.2, 0.25) is 5.91 Å². The Bertz CT molecular complexity index is 582. The van der Waals surface area contributed by atoms with Crippen molar-refractivity contribution >= 4 is 29.0 Å². The van der Waals surface area contributed by atoms with Gasteiger partial charge >= 0.3 is 6.03 Å². The summed E-state index contributed by atoms with van der Waals surface area (Å²) in [6, 6.07) is 2.18. The van der Waals surface area contributed by atoms with Crippen LogP contribution in [-0.4, -0.2) is 54.5 Å². The molecule has 1 atom stereocenters. The van der Waals surface area contributed by atoms with Crippen molar-refractivity contribution in [1.82, 2.24) is 9.80 Å². The van der Waals surface area contributed by atoms with E-state index in [-0.39, 0.29) is 17.4 Å². The van der Waals surface area contributed by atoms with Gasteiger partial charge < -0.3 is 14.7 Å². The van der Waals surface area contributed by atoms with E-state index >= 15 is 0 Å². The van der Waals surface area contributed by atoms with Gasteiger partial charge in [-0.2, -0.15) is 11.3 Å². The first-order chi connectivity index (χ1) is 10.7. The fourth-order valence-electron chi connectivity index (χ4n) is 4.02. The van der Waals surface area contributed by atoms with Crippen molar-refractivity contribution < 1.29 is 9.59 Å². The Morgan fingerprint density at radius 3 is 2.68 bits per heavy atom. The van der Waals surface area contributed by atoms with Gasteiger partial charge in [0.15, 0.2) is 0 Å². The van der Waals surface area contributed by atoms with E-state index in [0.717, 1.165) is 57.7 Å². The molecule has 4 rings (SSSR count). The van der Waals surface area contributed by atoms with E-state index in [9.17, 15) is 9.59 Å². The number of rotatable bonds is 1. The molecule has 4 heterocycles.